The monoisotopic (exact) mass is 429 g/mol. The van der Waals surface area contributed by atoms with Gasteiger partial charge in [0.05, 0.1) is 17.8 Å². The van der Waals surface area contributed by atoms with Crippen LogP contribution < -0.4 is 15.3 Å². The van der Waals surface area contributed by atoms with E-state index >= 15 is 0 Å². The van der Waals surface area contributed by atoms with Gasteiger partial charge >= 0.3 is 5.63 Å². The predicted octanol–water partition coefficient (Wildman–Crippen LogP) is 4.93. The quantitative estimate of drug-likeness (QED) is 0.514. The Kier molecular flexibility index (Phi) is 3.97. The number of halogens is 2. The van der Waals surface area contributed by atoms with Crippen LogP contribution in [-0.4, -0.2) is 6.73 Å². The molecule has 2 heterocycles. The fourth-order valence-corrected chi connectivity index (χ4v) is 4.44. The highest BCUT2D eigenvalue weighted by Crippen LogP contribution is 2.37. The van der Waals surface area contributed by atoms with Gasteiger partial charge in [-0.05, 0) is 61.6 Å². The zero-order chi connectivity index (χ0) is 18.5. The van der Waals surface area contributed by atoms with Crippen molar-refractivity contribution in [2.75, 3.05) is 11.6 Å². The Bertz CT molecular complexity index is 1120. The number of benzene rings is 2. The molecule has 0 N–H and O–H groups in total. The standard InChI is InChI=1S/C21H17BrFNO3/c22-12-5-7-18(17(23)9-12)24-10-16-19(26-11-24)8-6-14-13-3-1-2-4-15(13)21(25)27-20(14)16/h5-9H,1-4,10-11H2. The summed E-state index contributed by atoms with van der Waals surface area (Å²) in [5, 5.41) is 0.977. The topological polar surface area (TPSA) is 42.7 Å². The maximum absolute atomic E-state index is 14.4. The lowest BCUT2D eigenvalue weighted by atomic mass is 9.90. The Morgan fingerprint density at radius 2 is 1.85 bits per heavy atom. The minimum absolute atomic E-state index is 0.242. The summed E-state index contributed by atoms with van der Waals surface area (Å²) in [5.41, 5.74) is 3.48. The van der Waals surface area contributed by atoms with Gasteiger partial charge in [-0.3, -0.25) is 0 Å². The van der Waals surface area contributed by atoms with E-state index in [0.29, 0.717) is 28.0 Å². The average Bonchev–Trinajstić information content (AvgIpc) is 2.68. The molecule has 0 atom stereocenters. The third-order valence-electron chi connectivity index (χ3n) is 5.43. The first kappa shape index (κ1) is 16.8. The van der Waals surface area contributed by atoms with E-state index in [1.807, 2.05) is 17.0 Å². The zero-order valence-electron chi connectivity index (χ0n) is 14.6. The molecule has 1 aliphatic heterocycles. The van der Waals surface area contributed by atoms with Crippen molar-refractivity contribution in [3.05, 3.63) is 67.7 Å². The van der Waals surface area contributed by atoms with Gasteiger partial charge in [0, 0.05) is 15.4 Å². The van der Waals surface area contributed by atoms with Gasteiger partial charge in [0.1, 0.15) is 17.1 Å². The van der Waals surface area contributed by atoms with Crippen LogP contribution in [0.15, 0.2) is 44.0 Å². The summed E-state index contributed by atoms with van der Waals surface area (Å²) in [4.78, 5) is 14.3. The normalized spacial score (nSPS) is 16.0. The molecule has 1 aliphatic carbocycles. The van der Waals surface area contributed by atoms with E-state index in [2.05, 4.69) is 15.9 Å². The number of rotatable bonds is 1. The van der Waals surface area contributed by atoms with Gasteiger partial charge < -0.3 is 14.1 Å². The molecule has 0 saturated carbocycles. The minimum Gasteiger partial charge on any atom is -0.473 e. The van der Waals surface area contributed by atoms with Gasteiger partial charge in [-0.1, -0.05) is 15.9 Å². The van der Waals surface area contributed by atoms with E-state index in [1.165, 1.54) is 6.07 Å². The van der Waals surface area contributed by atoms with Crippen LogP contribution in [0.1, 0.15) is 29.5 Å². The van der Waals surface area contributed by atoms with E-state index < -0.39 is 0 Å². The van der Waals surface area contributed by atoms with Gasteiger partial charge in [0.15, 0.2) is 6.73 Å². The number of hydrogen-bond donors (Lipinski definition) is 0. The van der Waals surface area contributed by atoms with Crippen molar-refractivity contribution < 1.29 is 13.5 Å². The molecule has 2 aliphatic rings. The lowest BCUT2D eigenvalue weighted by Crippen LogP contribution is -2.32. The smallest absolute Gasteiger partial charge is 0.339 e. The third kappa shape index (κ3) is 2.74. The van der Waals surface area contributed by atoms with Crippen molar-refractivity contribution in [1.29, 1.82) is 0 Å². The first-order valence-electron chi connectivity index (χ1n) is 9.05. The largest absolute Gasteiger partial charge is 0.473 e. The second kappa shape index (κ2) is 6.37. The molecule has 0 radical (unpaired) electrons. The molecule has 138 valence electrons. The van der Waals surface area contributed by atoms with E-state index in [9.17, 15) is 9.18 Å². The summed E-state index contributed by atoms with van der Waals surface area (Å²) >= 11 is 3.28. The Morgan fingerprint density at radius 1 is 1.04 bits per heavy atom. The van der Waals surface area contributed by atoms with Gasteiger partial charge in [-0.25, -0.2) is 9.18 Å². The summed E-state index contributed by atoms with van der Waals surface area (Å²) < 4.78 is 26.7. The Labute approximate surface area is 163 Å². The van der Waals surface area contributed by atoms with E-state index in [0.717, 1.165) is 47.8 Å². The van der Waals surface area contributed by atoms with Crippen molar-refractivity contribution in [3.8, 4) is 5.75 Å². The van der Waals surface area contributed by atoms with E-state index in [-0.39, 0.29) is 18.2 Å². The molecule has 0 saturated heterocycles. The van der Waals surface area contributed by atoms with Gasteiger partial charge in [-0.2, -0.15) is 0 Å². The van der Waals surface area contributed by atoms with Crippen LogP contribution in [0.4, 0.5) is 10.1 Å². The average molecular weight is 430 g/mol. The van der Waals surface area contributed by atoms with Crippen LogP contribution in [-0.2, 0) is 19.4 Å². The maximum Gasteiger partial charge on any atom is 0.339 e. The molecular weight excluding hydrogens is 413 g/mol. The van der Waals surface area contributed by atoms with Crippen LogP contribution in [0, 0.1) is 5.82 Å². The van der Waals surface area contributed by atoms with Crippen molar-refractivity contribution in [2.45, 2.75) is 32.2 Å². The molecule has 4 nitrogen and oxygen atoms in total. The second-order valence-corrected chi connectivity index (χ2v) is 7.96. The lowest BCUT2D eigenvalue weighted by molar-refractivity contribution is 0.287. The Balaban J connectivity index is 1.65. The van der Waals surface area contributed by atoms with Gasteiger partial charge in [-0.15, -0.1) is 0 Å². The van der Waals surface area contributed by atoms with Crippen LogP contribution in [0.3, 0.4) is 0 Å². The van der Waals surface area contributed by atoms with Crippen molar-refractivity contribution in [3.63, 3.8) is 0 Å². The molecule has 27 heavy (non-hydrogen) atoms. The molecule has 2 aromatic carbocycles. The molecule has 1 aromatic heterocycles. The van der Waals surface area contributed by atoms with Crippen molar-refractivity contribution in [2.24, 2.45) is 0 Å². The first-order valence-corrected chi connectivity index (χ1v) is 9.84. The van der Waals surface area contributed by atoms with Crippen molar-refractivity contribution in [1.82, 2.24) is 0 Å². The van der Waals surface area contributed by atoms with Gasteiger partial charge in [0.2, 0.25) is 0 Å². The highest BCUT2D eigenvalue weighted by molar-refractivity contribution is 9.10. The van der Waals surface area contributed by atoms with Crippen LogP contribution in [0.25, 0.3) is 11.0 Å². The number of hydrogen-bond acceptors (Lipinski definition) is 4. The highest BCUT2D eigenvalue weighted by Gasteiger charge is 2.26. The van der Waals surface area contributed by atoms with Crippen LogP contribution >= 0.6 is 15.9 Å². The Morgan fingerprint density at radius 3 is 2.67 bits per heavy atom. The minimum atomic E-state index is -0.324. The highest BCUT2D eigenvalue weighted by atomic mass is 79.9. The molecule has 0 fully saturated rings. The number of ether oxygens (including phenoxy) is 1. The number of anilines is 1. The molecule has 0 unspecified atom stereocenters. The molecular formula is C21H17BrFNO3. The maximum atomic E-state index is 14.4. The molecule has 0 bridgehead atoms. The lowest BCUT2D eigenvalue weighted by Gasteiger charge is -2.31. The third-order valence-corrected chi connectivity index (χ3v) is 5.92. The Hall–Kier alpha value is -2.34. The van der Waals surface area contributed by atoms with E-state index in [4.69, 9.17) is 9.15 Å². The predicted molar refractivity (Wildman–Crippen MR) is 105 cm³/mol. The van der Waals surface area contributed by atoms with Crippen LogP contribution in [0.5, 0.6) is 5.75 Å². The van der Waals surface area contributed by atoms with Crippen LogP contribution in [0.2, 0.25) is 0 Å². The SMILES string of the molecule is O=c1oc2c3c(ccc2c2c1CCCC2)OCN(c1ccc(Br)cc1F)C3. The summed E-state index contributed by atoms with van der Waals surface area (Å²) in [5.74, 6) is 0.366. The fourth-order valence-electron chi connectivity index (χ4n) is 4.11. The molecule has 5 rings (SSSR count). The molecule has 0 spiro atoms. The number of aryl methyl sites for hydroxylation is 1. The zero-order valence-corrected chi connectivity index (χ0v) is 16.1. The fraction of sp³-hybridized carbons (Fsp3) is 0.286. The second-order valence-electron chi connectivity index (χ2n) is 7.04. The number of fused-ring (bicyclic) bond motifs is 5. The summed E-state index contributed by atoms with van der Waals surface area (Å²) in [6.45, 7) is 0.666. The molecule has 6 heteroatoms. The van der Waals surface area contributed by atoms with Gasteiger partial charge in [0.25, 0.3) is 0 Å². The van der Waals surface area contributed by atoms with Crippen molar-refractivity contribution >= 4 is 32.6 Å². The summed E-state index contributed by atoms with van der Waals surface area (Å²) in [7, 11) is 0. The summed E-state index contributed by atoms with van der Waals surface area (Å²) in [6.07, 6.45) is 3.77. The molecule has 3 aromatic rings. The molecule has 0 amide bonds. The first-order chi connectivity index (χ1) is 13.1. The summed E-state index contributed by atoms with van der Waals surface area (Å²) in [6, 6.07) is 8.87. The van der Waals surface area contributed by atoms with E-state index in [1.54, 1.807) is 12.1 Å². The number of nitrogens with zero attached hydrogens (tertiary/aromatic N) is 1.